The van der Waals surface area contributed by atoms with Crippen LogP contribution in [0.25, 0.3) is 0 Å². The van der Waals surface area contributed by atoms with Crippen molar-refractivity contribution < 1.29 is 0 Å². The average Bonchev–Trinajstić information content (AvgIpc) is 2.95. The summed E-state index contributed by atoms with van der Waals surface area (Å²) in [6.07, 6.45) is 8.49. The summed E-state index contributed by atoms with van der Waals surface area (Å²) in [7, 11) is 1.81. The molecule has 0 radical (unpaired) electrons. The molecule has 124 valence electrons. The summed E-state index contributed by atoms with van der Waals surface area (Å²) < 4.78 is 2.24. The molecular formula is C16H30N6. The molecule has 0 aliphatic carbocycles. The third-order valence-corrected chi connectivity index (χ3v) is 4.20. The summed E-state index contributed by atoms with van der Waals surface area (Å²) in [5, 5.41) is 15.4. The largest absolute Gasteiger partial charge is 0.354 e. The van der Waals surface area contributed by atoms with Crippen LogP contribution in [0.4, 0.5) is 0 Å². The summed E-state index contributed by atoms with van der Waals surface area (Å²) in [5.74, 6) is 2.98. The molecule has 0 fully saturated rings. The minimum absolute atomic E-state index is 0.435. The zero-order valence-corrected chi connectivity index (χ0v) is 14.2. The Morgan fingerprint density at radius 2 is 2.18 bits per heavy atom. The summed E-state index contributed by atoms with van der Waals surface area (Å²) in [6.45, 7) is 6.16. The van der Waals surface area contributed by atoms with E-state index in [9.17, 15) is 0 Å². The Kier molecular flexibility index (Phi) is 6.68. The Morgan fingerprint density at radius 1 is 1.32 bits per heavy atom. The number of aromatic nitrogens is 3. The van der Waals surface area contributed by atoms with Gasteiger partial charge in [0.25, 0.3) is 0 Å². The molecule has 0 spiro atoms. The zero-order valence-electron chi connectivity index (χ0n) is 14.2. The molecule has 6 nitrogen and oxygen atoms in total. The van der Waals surface area contributed by atoms with Crippen molar-refractivity contribution in [2.24, 2.45) is 4.99 Å². The fraction of sp³-hybridized carbons (Fsp3) is 0.812. The van der Waals surface area contributed by atoms with E-state index in [2.05, 4.69) is 44.2 Å². The first-order valence-corrected chi connectivity index (χ1v) is 8.62. The number of hydrogen-bond acceptors (Lipinski definition) is 3. The Labute approximate surface area is 133 Å². The lowest BCUT2D eigenvalue weighted by molar-refractivity contribution is 0.503. The van der Waals surface area contributed by atoms with Crippen LogP contribution >= 0.6 is 0 Å². The van der Waals surface area contributed by atoms with E-state index < -0.39 is 0 Å². The topological polar surface area (TPSA) is 67.1 Å². The third kappa shape index (κ3) is 4.71. The van der Waals surface area contributed by atoms with Gasteiger partial charge in [-0.3, -0.25) is 4.99 Å². The van der Waals surface area contributed by atoms with Crippen molar-refractivity contribution in [2.45, 2.75) is 77.9 Å². The van der Waals surface area contributed by atoms with Crippen molar-refractivity contribution in [3.63, 3.8) is 0 Å². The van der Waals surface area contributed by atoms with Crippen LogP contribution in [0.15, 0.2) is 4.99 Å². The van der Waals surface area contributed by atoms with Crippen molar-refractivity contribution in [3.05, 3.63) is 11.6 Å². The number of unbranched alkanes of at least 4 members (excludes halogenated alkanes) is 2. The maximum Gasteiger partial charge on any atom is 0.191 e. The fourth-order valence-corrected chi connectivity index (χ4v) is 2.86. The van der Waals surface area contributed by atoms with E-state index in [1.54, 1.807) is 0 Å². The number of nitrogens with zero attached hydrogens (tertiary/aromatic N) is 4. The van der Waals surface area contributed by atoms with E-state index >= 15 is 0 Å². The number of hydrogen-bond donors (Lipinski definition) is 2. The van der Waals surface area contributed by atoms with Crippen LogP contribution in [0.2, 0.25) is 0 Å². The number of fused-ring (bicyclic) bond motifs is 1. The van der Waals surface area contributed by atoms with Gasteiger partial charge in [0, 0.05) is 26.1 Å². The highest BCUT2D eigenvalue weighted by molar-refractivity contribution is 5.79. The van der Waals surface area contributed by atoms with Crippen molar-refractivity contribution in [1.29, 1.82) is 0 Å². The van der Waals surface area contributed by atoms with Crippen LogP contribution in [0.5, 0.6) is 0 Å². The molecule has 1 aromatic rings. The molecule has 0 amide bonds. The van der Waals surface area contributed by atoms with Gasteiger partial charge >= 0.3 is 0 Å². The maximum atomic E-state index is 4.31. The van der Waals surface area contributed by atoms with Crippen molar-refractivity contribution in [3.8, 4) is 0 Å². The second-order valence-corrected chi connectivity index (χ2v) is 6.11. The van der Waals surface area contributed by atoms with Gasteiger partial charge in [0.05, 0.1) is 6.54 Å². The predicted octanol–water partition coefficient (Wildman–Crippen LogP) is 2.25. The zero-order chi connectivity index (χ0) is 15.8. The highest BCUT2D eigenvalue weighted by atomic mass is 15.3. The van der Waals surface area contributed by atoms with E-state index in [1.807, 2.05) is 7.05 Å². The molecule has 0 saturated heterocycles. The van der Waals surface area contributed by atoms with Gasteiger partial charge in [-0.05, 0) is 26.2 Å². The summed E-state index contributed by atoms with van der Waals surface area (Å²) in [6, 6.07) is 0.435. The van der Waals surface area contributed by atoms with E-state index in [-0.39, 0.29) is 0 Å². The highest BCUT2D eigenvalue weighted by Crippen LogP contribution is 2.13. The molecule has 6 heteroatoms. The third-order valence-electron chi connectivity index (χ3n) is 4.20. The summed E-state index contributed by atoms with van der Waals surface area (Å²) in [5.41, 5.74) is 0. The van der Waals surface area contributed by atoms with Gasteiger partial charge in [0.15, 0.2) is 11.8 Å². The smallest absolute Gasteiger partial charge is 0.191 e. The first-order valence-electron chi connectivity index (χ1n) is 8.62. The molecule has 1 unspecified atom stereocenters. The number of aryl methyl sites for hydroxylation is 1. The lowest BCUT2D eigenvalue weighted by Crippen LogP contribution is -2.42. The molecular weight excluding hydrogens is 276 g/mol. The maximum absolute atomic E-state index is 4.31. The quantitative estimate of drug-likeness (QED) is 0.460. The van der Waals surface area contributed by atoms with Gasteiger partial charge < -0.3 is 15.2 Å². The normalized spacial score (nSPS) is 16.2. The fourth-order valence-electron chi connectivity index (χ4n) is 2.86. The second kappa shape index (κ2) is 8.76. The van der Waals surface area contributed by atoms with Gasteiger partial charge in [-0.2, -0.15) is 0 Å². The van der Waals surface area contributed by atoms with Crippen LogP contribution in [-0.4, -0.2) is 33.8 Å². The van der Waals surface area contributed by atoms with Crippen molar-refractivity contribution in [2.75, 3.05) is 7.05 Å². The summed E-state index contributed by atoms with van der Waals surface area (Å²) >= 11 is 0. The lowest BCUT2D eigenvalue weighted by Gasteiger charge is -2.19. The first kappa shape index (κ1) is 16.8. The summed E-state index contributed by atoms with van der Waals surface area (Å²) in [4.78, 5) is 4.30. The van der Waals surface area contributed by atoms with Crippen LogP contribution in [0.3, 0.4) is 0 Å². The number of guanidine groups is 1. The molecule has 1 aliphatic heterocycles. The SMILES string of the molecule is CCCCCC(C)NC(=NC)NCc1nnc2n1CCCC2. The lowest BCUT2D eigenvalue weighted by atomic mass is 10.1. The molecule has 2 heterocycles. The Morgan fingerprint density at radius 3 is 2.95 bits per heavy atom. The Balaban J connectivity index is 1.80. The standard InChI is InChI=1S/C16H30N6/c1-4-5-6-9-13(2)19-16(17-3)18-12-15-21-20-14-10-7-8-11-22(14)15/h13H,4-12H2,1-3H3,(H2,17,18,19). The molecule has 0 bridgehead atoms. The van der Waals surface area contributed by atoms with Crippen LogP contribution in [-0.2, 0) is 19.5 Å². The van der Waals surface area contributed by atoms with Gasteiger partial charge in [0.2, 0.25) is 0 Å². The van der Waals surface area contributed by atoms with Crippen molar-refractivity contribution in [1.82, 2.24) is 25.4 Å². The second-order valence-electron chi connectivity index (χ2n) is 6.11. The molecule has 2 rings (SSSR count). The van der Waals surface area contributed by atoms with Crippen LogP contribution in [0.1, 0.15) is 64.0 Å². The number of rotatable bonds is 7. The molecule has 1 atom stereocenters. The predicted molar refractivity (Wildman–Crippen MR) is 89.9 cm³/mol. The molecule has 22 heavy (non-hydrogen) atoms. The number of nitrogens with one attached hydrogen (secondary N) is 2. The van der Waals surface area contributed by atoms with E-state index in [0.29, 0.717) is 12.6 Å². The van der Waals surface area contributed by atoms with Gasteiger partial charge in [-0.1, -0.05) is 26.2 Å². The average molecular weight is 306 g/mol. The minimum atomic E-state index is 0.435. The van der Waals surface area contributed by atoms with Gasteiger partial charge in [-0.25, -0.2) is 0 Å². The van der Waals surface area contributed by atoms with Crippen LogP contribution < -0.4 is 10.6 Å². The number of aliphatic imine (C=N–C) groups is 1. The van der Waals surface area contributed by atoms with Crippen molar-refractivity contribution >= 4 is 5.96 Å². The Hall–Kier alpha value is -1.59. The van der Waals surface area contributed by atoms with Gasteiger partial charge in [0.1, 0.15) is 5.82 Å². The minimum Gasteiger partial charge on any atom is -0.354 e. The van der Waals surface area contributed by atoms with E-state index in [4.69, 9.17) is 0 Å². The molecule has 0 aromatic carbocycles. The van der Waals surface area contributed by atoms with E-state index in [1.165, 1.54) is 38.5 Å². The molecule has 1 aromatic heterocycles. The molecule has 0 saturated carbocycles. The van der Waals surface area contributed by atoms with Gasteiger partial charge in [-0.15, -0.1) is 10.2 Å². The Bertz CT molecular complexity index is 479. The molecule has 2 N–H and O–H groups in total. The van der Waals surface area contributed by atoms with Crippen LogP contribution in [0, 0.1) is 0 Å². The first-order chi connectivity index (χ1) is 10.7. The monoisotopic (exact) mass is 306 g/mol. The van der Waals surface area contributed by atoms with E-state index in [0.717, 1.165) is 30.6 Å². The molecule has 1 aliphatic rings. The highest BCUT2D eigenvalue weighted by Gasteiger charge is 2.15.